The average Bonchev–Trinajstić information content (AvgIpc) is 2.82. The van der Waals surface area contributed by atoms with Gasteiger partial charge in [-0.1, -0.05) is 29.5 Å². The van der Waals surface area contributed by atoms with Crippen LogP contribution in [0.3, 0.4) is 0 Å². The van der Waals surface area contributed by atoms with E-state index in [2.05, 4.69) is 22.6 Å². The maximum atomic E-state index is 11.9. The van der Waals surface area contributed by atoms with Crippen LogP contribution in [0.25, 0.3) is 0 Å². The fraction of sp³-hybridized carbons (Fsp3) is 0.833. The summed E-state index contributed by atoms with van der Waals surface area (Å²) in [5.41, 5.74) is 0. The molecule has 0 N–H and O–H groups in total. The molecule has 0 radical (unpaired) electrons. The lowest BCUT2D eigenvalue weighted by Crippen LogP contribution is -2.53. The second kappa shape index (κ2) is 3.83. The summed E-state index contributed by atoms with van der Waals surface area (Å²) in [6.45, 7) is 1.94. The molecule has 4 bridgehead atoms. The van der Waals surface area contributed by atoms with Crippen molar-refractivity contribution in [3.05, 3.63) is 0 Å². The SMILES string of the molecule is CCC(I)C(=O)OC12CC3CC1CC3C(=O)O2. The van der Waals surface area contributed by atoms with Crippen molar-refractivity contribution in [3.8, 4) is 0 Å². The van der Waals surface area contributed by atoms with E-state index < -0.39 is 5.79 Å². The first-order valence-electron chi connectivity index (χ1n) is 6.15. The molecule has 5 atom stereocenters. The molecule has 2 saturated carbocycles. The topological polar surface area (TPSA) is 52.6 Å². The van der Waals surface area contributed by atoms with Crippen LogP contribution in [-0.4, -0.2) is 21.7 Å². The number of hydrogen-bond donors (Lipinski definition) is 0. The molecule has 94 valence electrons. The van der Waals surface area contributed by atoms with Crippen LogP contribution >= 0.6 is 22.6 Å². The zero-order valence-corrected chi connectivity index (χ0v) is 11.8. The number of esters is 2. The second-order valence-electron chi connectivity index (χ2n) is 5.27. The number of carbonyl (C=O) groups excluding carboxylic acids is 2. The molecule has 4 rings (SSSR count). The Labute approximate surface area is 114 Å². The predicted octanol–water partition coefficient (Wildman–Crippen LogP) is 2.04. The first-order chi connectivity index (χ1) is 8.05. The second-order valence-corrected chi connectivity index (χ2v) is 6.77. The van der Waals surface area contributed by atoms with Gasteiger partial charge in [0.2, 0.25) is 0 Å². The Morgan fingerprint density at radius 1 is 1.65 bits per heavy atom. The van der Waals surface area contributed by atoms with Crippen molar-refractivity contribution in [1.29, 1.82) is 0 Å². The summed E-state index contributed by atoms with van der Waals surface area (Å²) >= 11 is 2.07. The van der Waals surface area contributed by atoms with E-state index in [1.165, 1.54) is 0 Å². The molecule has 0 aromatic heterocycles. The lowest BCUT2D eigenvalue weighted by atomic mass is 9.82. The molecule has 5 heteroatoms. The van der Waals surface area contributed by atoms with Gasteiger partial charge in [0.1, 0.15) is 3.92 Å². The normalized spacial score (nSPS) is 43.6. The molecule has 4 fully saturated rings. The highest BCUT2D eigenvalue weighted by Crippen LogP contribution is 2.60. The lowest BCUT2D eigenvalue weighted by molar-refractivity contribution is -0.268. The van der Waals surface area contributed by atoms with Crippen molar-refractivity contribution < 1.29 is 19.1 Å². The molecule has 2 aliphatic carbocycles. The Morgan fingerprint density at radius 3 is 3.00 bits per heavy atom. The molecule has 4 aliphatic rings. The molecular formula is C12H15IO4. The smallest absolute Gasteiger partial charge is 0.322 e. The Bertz CT molecular complexity index is 383. The van der Waals surface area contributed by atoms with E-state index >= 15 is 0 Å². The number of fused-ring (bicyclic) bond motifs is 1. The summed E-state index contributed by atoms with van der Waals surface area (Å²) in [5.74, 6) is -0.632. The predicted molar refractivity (Wildman–Crippen MR) is 67.3 cm³/mol. The van der Waals surface area contributed by atoms with Gasteiger partial charge in [-0.3, -0.25) is 9.59 Å². The summed E-state index contributed by atoms with van der Waals surface area (Å²) in [4.78, 5) is 23.6. The third-order valence-corrected chi connectivity index (χ3v) is 5.72. The highest BCUT2D eigenvalue weighted by Gasteiger charge is 2.66. The fourth-order valence-corrected chi connectivity index (χ4v) is 3.58. The van der Waals surface area contributed by atoms with Gasteiger partial charge in [-0.2, -0.15) is 0 Å². The number of carbonyl (C=O) groups is 2. The fourth-order valence-electron chi connectivity index (χ4n) is 3.45. The molecule has 0 aromatic rings. The van der Waals surface area contributed by atoms with Crippen LogP contribution in [0, 0.1) is 17.8 Å². The molecule has 4 nitrogen and oxygen atoms in total. The van der Waals surface area contributed by atoms with Gasteiger partial charge in [-0.15, -0.1) is 0 Å². The van der Waals surface area contributed by atoms with Crippen molar-refractivity contribution in [2.75, 3.05) is 0 Å². The first kappa shape index (κ1) is 11.7. The summed E-state index contributed by atoms with van der Waals surface area (Å²) in [6, 6.07) is 0. The first-order valence-corrected chi connectivity index (χ1v) is 7.40. The van der Waals surface area contributed by atoms with Gasteiger partial charge >= 0.3 is 11.9 Å². The van der Waals surface area contributed by atoms with Crippen molar-refractivity contribution in [2.45, 2.75) is 42.3 Å². The minimum Gasteiger partial charge on any atom is -0.422 e. The Kier molecular flexibility index (Phi) is 2.65. The van der Waals surface area contributed by atoms with Crippen molar-refractivity contribution in [3.63, 3.8) is 0 Å². The molecule has 0 aromatic carbocycles. The van der Waals surface area contributed by atoms with Crippen LogP contribution in [0.15, 0.2) is 0 Å². The minimum absolute atomic E-state index is 0.0714. The summed E-state index contributed by atoms with van der Waals surface area (Å²) < 4.78 is 10.8. The van der Waals surface area contributed by atoms with E-state index in [0.29, 0.717) is 12.3 Å². The van der Waals surface area contributed by atoms with Crippen molar-refractivity contribution in [2.24, 2.45) is 17.8 Å². The molecule has 2 heterocycles. The number of rotatable bonds is 3. The highest BCUT2D eigenvalue weighted by molar-refractivity contribution is 14.1. The zero-order valence-electron chi connectivity index (χ0n) is 9.65. The maximum absolute atomic E-state index is 11.9. The molecule has 0 amide bonds. The third kappa shape index (κ3) is 1.61. The van der Waals surface area contributed by atoms with Crippen LogP contribution < -0.4 is 0 Å². The van der Waals surface area contributed by atoms with E-state index in [0.717, 1.165) is 19.3 Å². The average molecular weight is 350 g/mol. The van der Waals surface area contributed by atoms with Gasteiger partial charge < -0.3 is 9.47 Å². The monoisotopic (exact) mass is 350 g/mol. The Hall–Kier alpha value is -0.330. The molecule has 2 saturated heterocycles. The standard InChI is InChI=1S/C12H15IO4/c1-2-9(13)11(15)17-12-5-6-3-7(12)4-8(6)10(14)16-12/h6-9H,2-5H2,1H3. The summed E-state index contributed by atoms with van der Waals surface area (Å²) in [5, 5.41) is 0. The van der Waals surface area contributed by atoms with Gasteiger partial charge in [-0.25, -0.2) is 0 Å². The van der Waals surface area contributed by atoms with Gasteiger partial charge in [-0.05, 0) is 25.2 Å². The van der Waals surface area contributed by atoms with Crippen LogP contribution in [-0.2, 0) is 19.1 Å². The number of ether oxygens (including phenoxy) is 2. The third-order valence-electron chi connectivity index (χ3n) is 4.33. The van der Waals surface area contributed by atoms with E-state index in [9.17, 15) is 9.59 Å². The van der Waals surface area contributed by atoms with Crippen LogP contribution in [0.2, 0.25) is 0 Å². The van der Waals surface area contributed by atoms with Crippen molar-refractivity contribution >= 4 is 34.5 Å². The highest BCUT2D eigenvalue weighted by atomic mass is 127. The molecule has 2 aliphatic heterocycles. The molecule has 5 unspecified atom stereocenters. The quantitative estimate of drug-likeness (QED) is 0.444. The Morgan fingerprint density at radius 2 is 2.41 bits per heavy atom. The summed E-state index contributed by atoms with van der Waals surface area (Å²) in [7, 11) is 0. The van der Waals surface area contributed by atoms with Crippen LogP contribution in [0.4, 0.5) is 0 Å². The lowest BCUT2D eigenvalue weighted by Gasteiger charge is -2.43. The zero-order chi connectivity index (χ0) is 12.2. The van der Waals surface area contributed by atoms with E-state index in [4.69, 9.17) is 9.47 Å². The van der Waals surface area contributed by atoms with Gasteiger partial charge in [0.15, 0.2) is 0 Å². The van der Waals surface area contributed by atoms with Gasteiger partial charge in [0.05, 0.1) is 5.92 Å². The molecular weight excluding hydrogens is 335 g/mol. The largest absolute Gasteiger partial charge is 0.422 e. The van der Waals surface area contributed by atoms with E-state index in [1.807, 2.05) is 6.92 Å². The van der Waals surface area contributed by atoms with Crippen LogP contribution in [0.5, 0.6) is 0 Å². The summed E-state index contributed by atoms with van der Waals surface area (Å²) in [6.07, 6.45) is 3.27. The minimum atomic E-state index is -0.911. The Balaban J connectivity index is 1.78. The number of halogens is 1. The maximum Gasteiger partial charge on any atom is 0.322 e. The number of alkyl halides is 1. The van der Waals surface area contributed by atoms with Gasteiger partial charge in [0.25, 0.3) is 5.79 Å². The molecule has 0 spiro atoms. The molecule has 17 heavy (non-hydrogen) atoms. The van der Waals surface area contributed by atoms with Gasteiger partial charge in [0, 0.05) is 12.3 Å². The van der Waals surface area contributed by atoms with Crippen molar-refractivity contribution in [1.82, 2.24) is 0 Å². The number of hydrogen-bond acceptors (Lipinski definition) is 4. The van der Waals surface area contributed by atoms with E-state index in [1.54, 1.807) is 0 Å². The van der Waals surface area contributed by atoms with Crippen LogP contribution in [0.1, 0.15) is 32.6 Å². The van der Waals surface area contributed by atoms with E-state index in [-0.39, 0.29) is 27.7 Å².